The summed E-state index contributed by atoms with van der Waals surface area (Å²) >= 11 is 0. The lowest BCUT2D eigenvalue weighted by Gasteiger charge is -2.44. The molecule has 9 nitrogen and oxygen atoms in total. The lowest BCUT2D eigenvalue weighted by molar-refractivity contribution is 0.223. The van der Waals surface area contributed by atoms with Crippen molar-refractivity contribution in [1.29, 1.82) is 5.26 Å². The summed E-state index contributed by atoms with van der Waals surface area (Å²) in [5.41, 5.74) is 2.60. The van der Waals surface area contributed by atoms with Crippen molar-refractivity contribution in [2.24, 2.45) is 10.9 Å². The van der Waals surface area contributed by atoms with Crippen molar-refractivity contribution >= 4 is 34.0 Å². The van der Waals surface area contributed by atoms with E-state index in [2.05, 4.69) is 43.9 Å². The molecule has 3 aromatic heterocycles. The molecule has 0 saturated carbocycles. The fourth-order valence-electron chi connectivity index (χ4n) is 4.37. The highest BCUT2D eigenvalue weighted by atomic mass is 15.4. The number of nitriles is 1. The lowest BCUT2D eigenvalue weighted by Crippen LogP contribution is -2.58. The number of guanidine groups is 1. The molecule has 1 saturated heterocycles. The molecule has 33 heavy (non-hydrogen) atoms. The molecular formula is C24H25N9. The van der Waals surface area contributed by atoms with E-state index in [0.717, 1.165) is 41.1 Å². The second-order valence-electron chi connectivity index (χ2n) is 8.41. The van der Waals surface area contributed by atoms with E-state index in [9.17, 15) is 5.26 Å². The number of anilines is 2. The molecule has 1 N–H and O–H groups in total. The Hall–Kier alpha value is -4.19. The Morgan fingerprint density at radius 3 is 2.88 bits per heavy atom. The molecule has 0 radical (unpaired) electrons. The number of piperazine rings is 1. The van der Waals surface area contributed by atoms with Crippen molar-refractivity contribution in [2.75, 3.05) is 29.9 Å². The fourth-order valence-corrected chi connectivity index (χ4v) is 4.37. The summed E-state index contributed by atoms with van der Waals surface area (Å²) < 4.78 is 1.80. The predicted octanol–water partition coefficient (Wildman–Crippen LogP) is 3.37. The Morgan fingerprint density at radius 2 is 2.03 bits per heavy atom. The minimum atomic E-state index is 0.145. The van der Waals surface area contributed by atoms with Crippen LogP contribution in [0.2, 0.25) is 0 Å². The molecular weight excluding hydrogens is 414 g/mol. The fraction of sp³-hybridized carbons (Fsp3) is 0.292. The maximum absolute atomic E-state index is 9.45. The van der Waals surface area contributed by atoms with Crippen LogP contribution in [0.4, 0.5) is 11.5 Å². The van der Waals surface area contributed by atoms with Gasteiger partial charge in [-0.05, 0) is 42.3 Å². The monoisotopic (exact) mass is 439 g/mol. The molecule has 0 spiro atoms. The Balaban J connectivity index is 1.42. The van der Waals surface area contributed by atoms with Crippen LogP contribution in [-0.4, -0.2) is 56.1 Å². The van der Waals surface area contributed by atoms with Gasteiger partial charge in [-0.15, -0.1) is 10.1 Å². The summed E-state index contributed by atoms with van der Waals surface area (Å²) in [4.78, 5) is 17.4. The number of pyridine rings is 1. The van der Waals surface area contributed by atoms with Crippen LogP contribution in [0.5, 0.6) is 0 Å². The van der Waals surface area contributed by atoms with Crippen molar-refractivity contribution in [2.45, 2.75) is 19.9 Å². The third-order valence-electron chi connectivity index (χ3n) is 6.07. The molecule has 1 aromatic carbocycles. The first kappa shape index (κ1) is 20.7. The van der Waals surface area contributed by atoms with Crippen LogP contribution < -0.4 is 10.2 Å². The smallest absolute Gasteiger partial charge is 0.214 e. The lowest BCUT2D eigenvalue weighted by atomic mass is 9.99. The number of rotatable bonds is 3. The van der Waals surface area contributed by atoms with Gasteiger partial charge in [0.1, 0.15) is 5.82 Å². The molecule has 4 aromatic rings. The van der Waals surface area contributed by atoms with E-state index >= 15 is 0 Å². The van der Waals surface area contributed by atoms with Gasteiger partial charge in [-0.3, -0.25) is 4.98 Å². The highest BCUT2D eigenvalue weighted by molar-refractivity contribution is 6.02. The van der Waals surface area contributed by atoms with Gasteiger partial charge < -0.3 is 15.1 Å². The standard InChI is InChI=1S/C24H25N9/c1-17(2)21-15-31(23-9-8-22-27-11-12-33(22)30-23)13-14-32(21)24(28-16-25)29-20-7-3-6-19-18(20)5-4-10-26-19/h3-12,17,21H,13-15H2,1-2H3,(H,28,29). The van der Waals surface area contributed by atoms with E-state index < -0.39 is 0 Å². The summed E-state index contributed by atoms with van der Waals surface area (Å²) in [6.07, 6.45) is 7.37. The van der Waals surface area contributed by atoms with E-state index in [1.54, 1.807) is 16.9 Å². The Morgan fingerprint density at radius 1 is 1.12 bits per heavy atom. The normalized spacial score (nSPS) is 17.0. The summed E-state index contributed by atoms with van der Waals surface area (Å²) in [5, 5.41) is 18.6. The second-order valence-corrected chi connectivity index (χ2v) is 8.41. The molecule has 1 unspecified atom stereocenters. The number of nitrogens with one attached hydrogen (secondary N) is 1. The van der Waals surface area contributed by atoms with Crippen molar-refractivity contribution in [1.82, 2.24) is 24.5 Å². The second kappa shape index (κ2) is 8.74. The summed E-state index contributed by atoms with van der Waals surface area (Å²) in [7, 11) is 0. The highest BCUT2D eigenvalue weighted by Crippen LogP contribution is 2.25. The van der Waals surface area contributed by atoms with Crippen molar-refractivity contribution < 1.29 is 0 Å². The molecule has 0 aliphatic carbocycles. The van der Waals surface area contributed by atoms with Gasteiger partial charge >= 0.3 is 0 Å². The third-order valence-corrected chi connectivity index (χ3v) is 6.07. The van der Waals surface area contributed by atoms with E-state index in [1.165, 1.54) is 0 Å². The number of hydrogen-bond acceptors (Lipinski definition) is 6. The molecule has 0 bridgehead atoms. The largest absolute Gasteiger partial charge is 0.351 e. The average molecular weight is 440 g/mol. The molecule has 4 heterocycles. The van der Waals surface area contributed by atoms with Crippen LogP contribution in [0.3, 0.4) is 0 Å². The number of nitrogens with zero attached hydrogens (tertiary/aromatic N) is 8. The first-order valence-corrected chi connectivity index (χ1v) is 11.0. The zero-order chi connectivity index (χ0) is 22.8. The quantitative estimate of drug-likeness (QED) is 0.297. The van der Waals surface area contributed by atoms with Crippen LogP contribution in [0.15, 0.2) is 66.0 Å². The van der Waals surface area contributed by atoms with E-state index in [-0.39, 0.29) is 6.04 Å². The zero-order valence-electron chi connectivity index (χ0n) is 18.6. The van der Waals surface area contributed by atoms with Crippen molar-refractivity contribution in [3.8, 4) is 6.19 Å². The van der Waals surface area contributed by atoms with Gasteiger partial charge in [0.2, 0.25) is 12.2 Å². The molecule has 166 valence electrons. The van der Waals surface area contributed by atoms with Crippen LogP contribution in [0, 0.1) is 17.4 Å². The Kier molecular flexibility index (Phi) is 5.48. The first-order valence-electron chi connectivity index (χ1n) is 11.0. The third kappa shape index (κ3) is 4.03. The summed E-state index contributed by atoms with van der Waals surface area (Å²) in [6.45, 7) is 6.63. The van der Waals surface area contributed by atoms with E-state index in [1.807, 2.05) is 54.9 Å². The maximum Gasteiger partial charge on any atom is 0.214 e. The molecule has 5 rings (SSSR count). The minimum Gasteiger partial charge on any atom is -0.351 e. The highest BCUT2D eigenvalue weighted by Gasteiger charge is 2.32. The number of imidazole rings is 1. The molecule has 0 amide bonds. The molecule has 9 heteroatoms. The van der Waals surface area contributed by atoms with Crippen LogP contribution in [-0.2, 0) is 0 Å². The number of fused-ring (bicyclic) bond motifs is 2. The summed E-state index contributed by atoms with van der Waals surface area (Å²) in [5.74, 6) is 1.81. The van der Waals surface area contributed by atoms with E-state index in [4.69, 9.17) is 5.10 Å². The number of hydrogen-bond donors (Lipinski definition) is 1. The Labute approximate surface area is 192 Å². The van der Waals surface area contributed by atoms with Gasteiger partial charge in [0.25, 0.3) is 0 Å². The maximum atomic E-state index is 9.45. The predicted molar refractivity (Wildman–Crippen MR) is 129 cm³/mol. The van der Waals surface area contributed by atoms with Gasteiger partial charge in [0.05, 0.1) is 17.2 Å². The van der Waals surface area contributed by atoms with Crippen LogP contribution >= 0.6 is 0 Å². The van der Waals surface area contributed by atoms with Gasteiger partial charge in [-0.2, -0.15) is 5.26 Å². The molecule has 1 atom stereocenters. The van der Waals surface area contributed by atoms with Gasteiger partial charge in [-0.25, -0.2) is 9.50 Å². The molecule has 1 aliphatic heterocycles. The summed E-state index contributed by atoms with van der Waals surface area (Å²) in [6, 6.07) is 14.0. The van der Waals surface area contributed by atoms with E-state index in [0.29, 0.717) is 18.4 Å². The number of aliphatic imine (C=N–C) groups is 1. The van der Waals surface area contributed by atoms with Crippen molar-refractivity contribution in [3.05, 3.63) is 61.1 Å². The molecule has 1 aliphatic rings. The zero-order valence-corrected chi connectivity index (χ0v) is 18.6. The topological polar surface area (TPSA) is 97.7 Å². The van der Waals surface area contributed by atoms with Gasteiger partial charge in [0.15, 0.2) is 5.65 Å². The minimum absolute atomic E-state index is 0.145. The SMILES string of the molecule is CC(C)C1CN(c2ccc3nccn3n2)CCN1/C(=N/C#N)Nc1cccc2ncccc12. The van der Waals surface area contributed by atoms with Gasteiger partial charge in [-0.1, -0.05) is 19.9 Å². The van der Waals surface area contributed by atoms with Gasteiger partial charge in [0, 0.05) is 43.6 Å². The van der Waals surface area contributed by atoms with Crippen LogP contribution in [0.25, 0.3) is 16.6 Å². The average Bonchev–Trinajstić information content (AvgIpc) is 3.31. The van der Waals surface area contributed by atoms with Crippen LogP contribution in [0.1, 0.15) is 13.8 Å². The van der Waals surface area contributed by atoms with Crippen molar-refractivity contribution in [3.63, 3.8) is 0 Å². The first-order chi connectivity index (χ1) is 16.1. The molecule has 1 fully saturated rings. The number of aromatic nitrogens is 4. The Bertz CT molecular complexity index is 1350. The number of benzene rings is 1.